The predicted molar refractivity (Wildman–Crippen MR) is 91.5 cm³/mol. The van der Waals surface area contributed by atoms with Crippen LogP contribution in [0.5, 0.6) is 0 Å². The fourth-order valence-corrected chi connectivity index (χ4v) is 3.26. The Morgan fingerprint density at radius 1 is 1.14 bits per heavy atom. The van der Waals surface area contributed by atoms with Gasteiger partial charge >= 0.3 is 0 Å². The predicted octanol–water partition coefficient (Wildman–Crippen LogP) is 3.80. The van der Waals surface area contributed by atoms with Gasteiger partial charge in [-0.3, -0.25) is 0 Å². The minimum Gasteiger partial charge on any atom is -0.354 e. The van der Waals surface area contributed by atoms with Crippen LogP contribution in [0.25, 0.3) is 0 Å². The molecular weight excluding hydrogens is 328 g/mol. The van der Waals surface area contributed by atoms with Gasteiger partial charge in [-0.25, -0.2) is 9.97 Å². The number of rotatable bonds is 7. The number of nitrogens with one attached hydrogen (secondary N) is 1. The summed E-state index contributed by atoms with van der Waals surface area (Å²) in [6.45, 7) is 2.23. The van der Waals surface area contributed by atoms with Crippen LogP contribution in [0, 0.1) is 11.8 Å². The SMILES string of the molecule is CN(C)CCCC1CCC(CNc2ncc(Br)cn2)CC1. The van der Waals surface area contributed by atoms with Crippen molar-refractivity contribution >= 4 is 21.9 Å². The lowest BCUT2D eigenvalue weighted by atomic mass is 9.80. The second-order valence-corrected chi connectivity index (χ2v) is 7.35. The van der Waals surface area contributed by atoms with E-state index in [1.165, 1.54) is 45.1 Å². The van der Waals surface area contributed by atoms with Crippen molar-refractivity contribution in [1.82, 2.24) is 14.9 Å². The maximum atomic E-state index is 4.26. The molecule has 0 atom stereocenters. The molecule has 1 saturated carbocycles. The van der Waals surface area contributed by atoms with Crippen LogP contribution in [0.15, 0.2) is 16.9 Å². The van der Waals surface area contributed by atoms with Gasteiger partial charge < -0.3 is 10.2 Å². The van der Waals surface area contributed by atoms with E-state index in [0.717, 1.165) is 28.8 Å². The van der Waals surface area contributed by atoms with Gasteiger partial charge in [0, 0.05) is 18.9 Å². The Morgan fingerprint density at radius 2 is 1.76 bits per heavy atom. The van der Waals surface area contributed by atoms with Crippen molar-refractivity contribution in [3.63, 3.8) is 0 Å². The molecule has 0 aliphatic heterocycles. The maximum Gasteiger partial charge on any atom is 0.222 e. The molecule has 21 heavy (non-hydrogen) atoms. The van der Waals surface area contributed by atoms with Crippen LogP contribution in [0.4, 0.5) is 5.95 Å². The zero-order chi connectivity index (χ0) is 15.1. The monoisotopic (exact) mass is 354 g/mol. The van der Waals surface area contributed by atoms with Crippen molar-refractivity contribution in [2.45, 2.75) is 38.5 Å². The van der Waals surface area contributed by atoms with Gasteiger partial charge in [0.05, 0.1) is 4.47 Å². The Hall–Kier alpha value is -0.680. The molecule has 0 unspecified atom stereocenters. The Bertz CT molecular complexity index is 399. The lowest BCUT2D eigenvalue weighted by Crippen LogP contribution is -2.22. The number of aromatic nitrogens is 2. The number of anilines is 1. The number of halogens is 1. The van der Waals surface area contributed by atoms with Crippen LogP contribution in [-0.2, 0) is 0 Å². The highest BCUT2D eigenvalue weighted by Crippen LogP contribution is 2.31. The molecular formula is C16H27BrN4. The lowest BCUT2D eigenvalue weighted by molar-refractivity contribution is 0.258. The molecule has 4 nitrogen and oxygen atoms in total. The molecule has 1 N–H and O–H groups in total. The molecule has 1 aromatic rings. The minimum atomic E-state index is 0.742. The van der Waals surface area contributed by atoms with E-state index in [1.807, 2.05) is 0 Å². The molecule has 0 amide bonds. The van der Waals surface area contributed by atoms with E-state index < -0.39 is 0 Å². The van der Waals surface area contributed by atoms with E-state index in [2.05, 4.69) is 50.2 Å². The summed E-state index contributed by atoms with van der Waals surface area (Å²) in [6, 6.07) is 0. The number of hydrogen-bond acceptors (Lipinski definition) is 4. The third-order valence-electron chi connectivity index (χ3n) is 4.35. The first kappa shape index (κ1) is 16.7. The average molecular weight is 355 g/mol. The van der Waals surface area contributed by atoms with E-state index in [0.29, 0.717) is 0 Å². The molecule has 0 radical (unpaired) electrons. The Morgan fingerprint density at radius 3 is 2.38 bits per heavy atom. The minimum absolute atomic E-state index is 0.742. The summed E-state index contributed by atoms with van der Waals surface area (Å²) in [5, 5.41) is 3.36. The molecule has 0 spiro atoms. The number of hydrogen-bond donors (Lipinski definition) is 1. The molecule has 0 bridgehead atoms. The lowest BCUT2D eigenvalue weighted by Gasteiger charge is -2.29. The van der Waals surface area contributed by atoms with Crippen LogP contribution >= 0.6 is 15.9 Å². The van der Waals surface area contributed by atoms with Crippen molar-refractivity contribution in [1.29, 1.82) is 0 Å². The summed E-state index contributed by atoms with van der Waals surface area (Å²) in [6.07, 6.45) is 11.8. The van der Waals surface area contributed by atoms with E-state index in [9.17, 15) is 0 Å². The summed E-state index contributed by atoms with van der Waals surface area (Å²) in [7, 11) is 4.32. The topological polar surface area (TPSA) is 41.0 Å². The molecule has 0 aromatic carbocycles. The molecule has 2 rings (SSSR count). The van der Waals surface area contributed by atoms with Gasteiger partial charge in [-0.1, -0.05) is 12.8 Å². The third kappa shape index (κ3) is 6.30. The summed E-state index contributed by atoms with van der Waals surface area (Å²) in [5.74, 6) is 2.47. The zero-order valence-corrected chi connectivity index (χ0v) is 14.8. The second-order valence-electron chi connectivity index (χ2n) is 6.44. The van der Waals surface area contributed by atoms with Crippen LogP contribution in [0.1, 0.15) is 38.5 Å². The Balaban J connectivity index is 1.61. The molecule has 1 fully saturated rings. The van der Waals surface area contributed by atoms with Crippen molar-refractivity contribution in [2.24, 2.45) is 11.8 Å². The Labute approximate surface area is 136 Å². The largest absolute Gasteiger partial charge is 0.354 e. The maximum absolute atomic E-state index is 4.26. The van der Waals surface area contributed by atoms with Gasteiger partial charge in [0.15, 0.2) is 0 Å². The fraction of sp³-hybridized carbons (Fsp3) is 0.750. The number of nitrogens with zero attached hydrogens (tertiary/aromatic N) is 3. The van der Waals surface area contributed by atoms with E-state index in [-0.39, 0.29) is 0 Å². The molecule has 1 aromatic heterocycles. The van der Waals surface area contributed by atoms with Crippen LogP contribution in [0.3, 0.4) is 0 Å². The second kappa shape index (κ2) is 8.69. The molecule has 1 aliphatic rings. The smallest absolute Gasteiger partial charge is 0.222 e. The van der Waals surface area contributed by atoms with Gasteiger partial charge in [0.2, 0.25) is 5.95 Å². The molecule has 0 saturated heterocycles. The van der Waals surface area contributed by atoms with Crippen molar-refractivity contribution < 1.29 is 0 Å². The fourth-order valence-electron chi connectivity index (χ4n) is 3.06. The van der Waals surface area contributed by atoms with E-state index in [1.54, 1.807) is 12.4 Å². The van der Waals surface area contributed by atoms with Crippen LogP contribution in [-0.4, -0.2) is 42.1 Å². The first-order chi connectivity index (χ1) is 10.1. The van der Waals surface area contributed by atoms with Crippen LogP contribution < -0.4 is 5.32 Å². The van der Waals surface area contributed by atoms with Gasteiger partial charge in [0.1, 0.15) is 0 Å². The summed E-state index contributed by atoms with van der Waals surface area (Å²) >= 11 is 3.35. The summed E-state index contributed by atoms with van der Waals surface area (Å²) < 4.78 is 0.922. The van der Waals surface area contributed by atoms with E-state index >= 15 is 0 Å². The Kier molecular flexibility index (Phi) is 6.90. The highest BCUT2D eigenvalue weighted by atomic mass is 79.9. The molecule has 5 heteroatoms. The summed E-state index contributed by atoms with van der Waals surface area (Å²) in [4.78, 5) is 10.8. The van der Waals surface area contributed by atoms with Crippen molar-refractivity contribution in [3.05, 3.63) is 16.9 Å². The van der Waals surface area contributed by atoms with Gasteiger partial charge in [-0.05, 0) is 74.1 Å². The normalized spacial score (nSPS) is 22.5. The van der Waals surface area contributed by atoms with Gasteiger partial charge in [0.25, 0.3) is 0 Å². The van der Waals surface area contributed by atoms with Gasteiger partial charge in [-0.2, -0.15) is 0 Å². The average Bonchev–Trinajstić information content (AvgIpc) is 2.48. The van der Waals surface area contributed by atoms with Crippen molar-refractivity contribution in [3.8, 4) is 0 Å². The van der Waals surface area contributed by atoms with Gasteiger partial charge in [-0.15, -0.1) is 0 Å². The zero-order valence-electron chi connectivity index (χ0n) is 13.2. The molecule has 1 heterocycles. The van der Waals surface area contributed by atoms with Crippen LogP contribution in [0.2, 0.25) is 0 Å². The highest BCUT2D eigenvalue weighted by molar-refractivity contribution is 9.10. The van der Waals surface area contributed by atoms with Crippen molar-refractivity contribution in [2.75, 3.05) is 32.5 Å². The standard InChI is InChI=1S/C16H27BrN4/c1-21(2)9-3-4-13-5-7-14(8-6-13)10-18-16-19-11-15(17)12-20-16/h11-14H,3-10H2,1-2H3,(H,18,19,20). The summed E-state index contributed by atoms with van der Waals surface area (Å²) in [5.41, 5.74) is 0. The molecule has 118 valence electrons. The third-order valence-corrected chi connectivity index (χ3v) is 4.76. The quantitative estimate of drug-likeness (QED) is 0.808. The first-order valence-electron chi connectivity index (χ1n) is 7.99. The highest BCUT2D eigenvalue weighted by Gasteiger charge is 2.20. The van der Waals surface area contributed by atoms with E-state index in [4.69, 9.17) is 0 Å². The first-order valence-corrected chi connectivity index (χ1v) is 8.79. The molecule has 1 aliphatic carbocycles.